The Morgan fingerprint density at radius 3 is 2.19 bits per heavy atom. The number of methoxy groups -OCH3 is 2. The van der Waals surface area contributed by atoms with Gasteiger partial charge in [0.15, 0.2) is 0 Å². The van der Waals surface area contributed by atoms with E-state index in [4.69, 9.17) is 21.1 Å². The van der Waals surface area contributed by atoms with Gasteiger partial charge >= 0.3 is 5.69 Å². The van der Waals surface area contributed by atoms with Crippen molar-refractivity contribution in [3.05, 3.63) is 105 Å². The predicted molar refractivity (Wildman–Crippen MR) is 137 cm³/mol. The standard InChI is InChI=1S/C26H33N5O5/c1-35-22-10-5-7-19(15-22)26(34,20-8-6-11-23(16-20)36-2)18-31(28)21(17-27)9-3-4-13-30-14-12-24(32)29-25(30)33/h5-8,10-12,14-17,34H,3-4,9,13,18,27-28H2,1-2H3,(H,29,32,33)/b21-17-. The number of nitrogens with zero attached hydrogens (tertiary/aromatic N) is 2. The first-order valence-electron chi connectivity index (χ1n) is 11.5. The van der Waals surface area contributed by atoms with Crippen molar-refractivity contribution in [1.29, 1.82) is 0 Å². The Balaban J connectivity index is 1.77. The highest BCUT2D eigenvalue weighted by Gasteiger charge is 2.34. The molecule has 10 nitrogen and oxygen atoms in total. The molecule has 1 aromatic heterocycles. The van der Waals surface area contributed by atoms with Gasteiger partial charge in [0, 0.05) is 30.7 Å². The van der Waals surface area contributed by atoms with E-state index in [1.165, 1.54) is 28.0 Å². The van der Waals surface area contributed by atoms with Gasteiger partial charge < -0.3 is 29.9 Å². The fourth-order valence-electron chi connectivity index (χ4n) is 3.99. The van der Waals surface area contributed by atoms with Crippen LogP contribution in [0.3, 0.4) is 0 Å². The molecule has 3 rings (SSSR count). The Kier molecular flexibility index (Phi) is 8.93. The van der Waals surface area contributed by atoms with Gasteiger partial charge in [0.2, 0.25) is 0 Å². The summed E-state index contributed by atoms with van der Waals surface area (Å²) < 4.78 is 12.2. The predicted octanol–water partition coefficient (Wildman–Crippen LogP) is 1.64. The average molecular weight is 496 g/mol. The summed E-state index contributed by atoms with van der Waals surface area (Å²) in [5.41, 5.74) is 5.34. The summed E-state index contributed by atoms with van der Waals surface area (Å²) in [6.45, 7) is 0.450. The summed E-state index contributed by atoms with van der Waals surface area (Å²) in [5, 5.41) is 13.4. The molecule has 0 aliphatic rings. The van der Waals surface area contributed by atoms with E-state index >= 15 is 0 Å². The zero-order chi connectivity index (χ0) is 26.1. The Hall–Kier alpha value is -4.02. The van der Waals surface area contributed by atoms with Crippen LogP contribution in [0.15, 0.2) is 82.3 Å². The minimum absolute atomic E-state index is 0.00967. The summed E-state index contributed by atoms with van der Waals surface area (Å²) in [6, 6.07) is 15.7. The first-order chi connectivity index (χ1) is 17.3. The number of benzene rings is 2. The zero-order valence-corrected chi connectivity index (χ0v) is 20.5. The van der Waals surface area contributed by atoms with Crippen molar-refractivity contribution in [1.82, 2.24) is 14.6 Å². The van der Waals surface area contributed by atoms with Gasteiger partial charge in [-0.3, -0.25) is 9.78 Å². The average Bonchev–Trinajstić information content (AvgIpc) is 2.89. The van der Waals surface area contributed by atoms with Crippen molar-refractivity contribution in [3.63, 3.8) is 0 Å². The lowest BCUT2D eigenvalue weighted by Crippen LogP contribution is -2.45. The van der Waals surface area contributed by atoms with Gasteiger partial charge in [-0.2, -0.15) is 0 Å². The molecule has 0 atom stereocenters. The number of rotatable bonds is 12. The van der Waals surface area contributed by atoms with Gasteiger partial charge in [0.25, 0.3) is 5.56 Å². The fraction of sp³-hybridized carbons (Fsp3) is 0.308. The molecular formula is C26H33N5O5. The maximum Gasteiger partial charge on any atom is 0.328 e. The Bertz CT molecular complexity index is 1250. The third-order valence-electron chi connectivity index (χ3n) is 6.03. The number of aliphatic hydroxyl groups is 1. The van der Waals surface area contributed by atoms with Crippen LogP contribution in [-0.4, -0.2) is 40.4 Å². The molecular weight excluding hydrogens is 462 g/mol. The summed E-state index contributed by atoms with van der Waals surface area (Å²) in [4.78, 5) is 25.3. The lowest BCUT2D eigenvalue weighted by Gasteiger charge is -2.35. The topological polar surface area (TPSA) is 149 Å². The van der Waals surface area contributed by atoms with Crippen LogP contribution in [0.25, 0.3) is 0 Å². The van der Waals surface area contributed by atoms with E-state index < -0.39 is 16.9 Å². The van der Waals surface area contributed by atoms with Gasteiger partial charge in [-0.05, 0) is 54.7 Å². The van der Waals surface area contributed by atoms with Crippen LogP contribution in [0.5, 0.6) is 11.5 Å². The van der Waals surface area contributed by atoms with Crippen LogP contribution >= 0.6 is 0 Å². The number of allylic oxidation sites excluding steroid dienone is 1. The molecule has 0 saturated carbocycles. The number of hydrogen-bond acceptors (Lipinski definition) is 8. The van der Waals surface area contributed by atoms with Gasteiger partial charge in [0.1, 0.15) is 17.1 Å². The molecule has 192 valence electrons. The smallest absolute Gasteiger partial charge is 0.328 e. The molecule has 6 N–H and O–H groups in total. The monoisotopic (exact) mass is 495 g/mol. The molecule has 0 aliphatic carbocycles. The zero-order valence-electron chi connectivity index (χ0n) is 20.5. The van der Waals surface area contributed by atoms with Gasteiger partial charge in [-0.25, -0.2) is 10.6 Å². The van der Waals surface area contributed by atoms with Gasteiger partial charge in [-0.1, -0.05) is 24.3 Å². The SMILES string of the molecule is COc1cccc(C(O)(CN(N)/C(=C\N)CCCCn2ccc(=O)[nH]c2=O)c2cccc(OC)c2)c1. The minimum atomic E-state index is -1.50. The van der Waals surface area contributed by atoms with E-state index in [2.05, 4.69) is 4.98 Å². The number of aromatic nitrogens is 2. The van der Waals surface area contributed by atoms with Crippen LogP contribution in [0, 0.1) is 0 Å². The number of hydrogen-bond donors (Lipinski definition) is 4. The van der Waals surface area contributed by atoms with Crippen molar-refractivity contribution in [2.24, 2.45) is 11.6 Å². The van der Waals surface area contributed by atoms with Gasteiger partial charge in [-0.15, -0.1) is 0 Å². The van der Waals surface area contributed by atoms with Crippen LogP contribution in [0.4, 0.5) is 0 Å². The van der Waals surface area contributed by atoms with Crippen molar-refractivity contribution in [2.75, 3.05) is 20.8 Å². The molecule has 1 heterocycles. The Morgan fingerprint density at radius 2 is 1.67 bits per heavy atom. The number of nitrogens with two attached hydrogens (primary N) is 2. The molecule has 0 radical (unpaired) electrons. The number of hydrazine groups is 1. The van der Waals surface area contributed by atoms with E-state index in [0.29, 0.717) is 54.1 Å². The maximum absolute atomic E-state index is 12.0. The first-order valence-corrected chi connectivity index (χ1v) is 11.5. The summed E-state index contributed by atoms with van der Waals surface area (Å²) in [5.74, 6) is 7.63. The van der Waals surface area contributed by atoms with E-state index in [-0.39, 0.29) is 6.54 Å². The van der Waals surface area contributed by atoms with Crippen LogP contribution in [-0.2, 0) is 12.1 Å². The molecule has 0 unspecified atom stereocenters. The number of nitrogens with one attached hydrogen (secondary N) is 1. The van der Waals surface area contributed by atoms with E-state index in [0.717, 1.165) is 0 Å². The number of aryl methyl sites for hydroxylation is 1. The highest BCUT2D eigenvalue weighted by atomic mass is 16.5. The van der Waals surface area contributed by atoms with Crippen molar-refractivity contribution >= 4 is 0 Å². The van der Waals surface area contributed by atoms with E-state index in [1.54, 1.807) is 50.6 Å². The lowest BCUT2D eigenvalue weighted by atomic mass is 9.85. The molecule has 3 aromatic rings. The Labute approximate surface area is 209 Å². The molecule has 10 heteroatoms. The molecule has 0 bridgehead atoms. The second-order valence-corrected chi connectivity index (χ2v) is 8.37. The first kappa shape index (κ1) is 26.6. The molecule has 0 spiro atoms. The highest BCUT2D eigenvalue weighted by Crippen LogP contribution is 2.34. The number of ether oxygens (including phenoxy) is 2. The third kappa shape index (κ3) is 6.35. The quantitative estimate of drug-likeness (QED) is 0.168. The Morgan fingerprint density at radius 1 is 1.06 bits per heavy atom. The summed E-state index contributed by atoms with van der Waals surface area (Å²) >= 11 is 0. The molecule has 0 saturated heterocycles. The number of unbranched alkanes of at least 4 members (excludes halogenated alkanes) is 1. The maximum atomic E-state index is 12.0. The van der Waals surface area contributed by atoms with Crippen LogP contribution < -0.4 is 32.3 Å². The van der Waals surface area contributed by atoms with E-state index in [9.17, 15) is 14.7 Å². The molecule has 0 amide bonds. The van der Waals surface area contributed by atoms with Crippen molar-refractivity contribution in [3.8, 4) is 11.5 Å². The summed E-state index contributed by atoms with van der Waals surface area (Å²) in [6.07, 6.45) is 4.76. The number of aromatic amines is 1. The van der Waals surface area contributed by atoms with E-state index in [1.807, 2.05) is 12.1 Å². The molecule has 0 aliphatic heterocycles. The molecule has 36 heavy (non-hydrogen) atoms. The van der Waals surface area contributed by atoms with Crippen molar-refractivity contribution in [2.45, 2.75) is 31.4 Å². The van der Waals surface area contributed by atoms with Gasteiger partial charge in [0.05, 0.1) is 20.8 Å². The minimum Gasteiger partial charge on any atom is -0.497 e. The van der Waals surface area contributed by atoms with Crippen molar-refractivity contribution < 1.29 is 14.6 Å². The number of H-pyrrole nitrogens is 1. The van der Waals surface area contributed by atoms with Crippen LogP contribution in [0.1, 0.15) is 30.4 Å². The lowest BCUT2D eigenvalue weighted by molar-refractivity contribution is 0.0446. The largest absolute Gasteiger partial charge is 0.497 e. The second kappa shape index (κ2) is 12.1. The van der Waals surface area contributed by atoms with Crippen LogP contribution in [0.2, 0.25) is 0 Å². The highest BCUT2D eigenvalue weighted by molar-refractivity contribution is 5.43. The normalized spacial score (nSPS) is 11.8. The summed E-state index contributed by atoms with van der Waals surface area (Å²) in [7, 11) is 3.13. The second-order valence-electron chi connectivity index (χ2n) is 8.37. The fourth-order valence-corrected chi connectivity index (χ4v) is 3.99. The molecule has 2 aromatic carbocycles. The third-order valence-corrected chi connectivity index (χ3v) is 6.03. The molecule has 0 fully saturated rings.